The van der Waals surface area contributed by atoms with Crippen molar-refractivity contribution >= 4 is 16.7 Å². The number of carbonyl (C=O) groups is 1. The molecule has 0 spiro atoms. The highest BCUT2D eigenvalue weighted by Gasteiger charge is 2.32. The lowest BCUT2D eigenvalue weighted by Gasteiger charge is -2.40. The molecule has 0 saturated carbocycles. The molecule has 1 aromatic heterocycles. The number of hydrogen-bond acceptors (Lipinski definition) is 4. The SMILES string of the molecule is CCCCNC1CN(C(=O)c2cc(Cc3n[nH]c(=O)c4ccccc34)ccc2F)C1. The minimum atomic E-state index is -0.523. The Morgan fingerprint density at radius 1 is 1.23 bits per heavy atom. The lowest BCUT2D eigenvalue weighted by atomic mass is 10.0. The molecule has 2 heterocycles. The van der Waals surface area contributed by atoms with Crippen molar-refractivity contribution in [2.24, 2.45) is 0 Å². The maximum absolute atomic E-state index is 14.4. The summed E-state index contributed by atoms with van der Waals surface area (Å²) in [5.74, 6) is -0.812. The van der Waals surface area contributed by atoms with E-state index in [2.05, 4.69) is 22.4 Å². The minimum Gasteiger partial charge on any atom is -0.335 e. The van der Waals surface area contributed by atoms with Crippen LogP contribution in [0.15, 0.2) is 47.3 Å². The number of fused-ring (bicyclic) bond motifs is 1. The average Bonchev–Trinajstić information content (AvgIpc) is 2.73. The fraction of sp³-hybridized carbons (Fsp3) is 0.348. The average molecular weight is 408 g/mol. The molecule has 0 atom stereocenters. The highest BCUT2D eigenvalue weighted by molar-refractivity contribution is 5.95. The molecule has 2 aromatic carbocycles. The predicted molar refractivity (Wildman–Crippen MR) is 114 cm³/mol. The van der Waals surface area contributed by atoms with Gasteiger partial charge in [-0.05, 0) is 36.7 Å². The third kappa shape index (κ3) is 4.11. The van der Waals surface area contributed by atoms with Gasteiger partial charge in [0.1, 0.15) is 5.82 Å². The Labute approximate surface area is 174 Å². The Kier molecular flexibility index (Phi) is 5.90. The highest BCUT2D eigenvalue weighted by Crippen LogP contribution is 2.21. The molecule has 3 aromatic rings. The van der Waals surface area contributed by atoms with E-state index in [1.54, 1.807) is 29.2 Å². The van der Waals surface area contributed by atoms with Crippen molar-refractivity contribution < 1.29 is 9.18 Å². The molecular weight excluding hydrogens is 383 g/mol. The molecule has 0 unspecified atom stereocenters. The maximum atomic E-state index is 14.4. The number of nitrogens with zero attached hydrogens (tertiary/aromatic N) is 2. The molecule has 1 amide bonds. The summed E-state index contributed by atoms with van der Waals surface area (Å²) in [7, 11) is 0. The molecule has 1 fully saturated rings. The summed E-state index contributed by atoms with van der Waals surface area (Å²) < 4.78 is 14.4. The molecular formula is C23H25FN4O2. The molecule has 1 saturated heterocycles. The molecule has 1 aliphatic heterocycles. The van der Waals surface area contributed by atoms with Crippen molar-refractivity contribution in [3.63, 3.8) is 0 Å². The summed E-state index contributed by atoms with van der Waals surface area (Å²) in [4.78, 5) is 26.4. The maximum Gasteiger partial charge on any atom is 0.272 e. The summed E-state index contributed by atoms with van der Waals surface area (Å²) >= 11 is 0. The zero-order chi connectivity index (χ0) is 21.1. The summed E-state index contributed by atoms with van der Waals surface area (Å²) in [6.07, 6.45) is 2.62. The second-order valence-electron chi connectivity index (χ2n) is 7.75. The van der Waals surface area contributed by atoms with Crippen LogP contribution in [0.25, 0.3) is 10.8 Å². The topological polar surface area (TPSA) is 78.1 Å². The molecule has 0 aliphatic carbocycles. The van der Waals surface area contributed by atoms with Gasteiger partial charge in [0, 0.05) is 30.9 Å². The van der Waals surface area contributed by atoms with Gasteiger partial charge >= 0.3 is 0 Å². The van der Waals surface area contributed by atoms with Crippen LogP contribution >= 0.6 is 0 Å². The van der Waals surface area contributed by atoms with Gasteiger partial charge in [0.15, 0.2) is 0 Å². The Bertz CT molecular complexity index is 1120. The van der Waals surface area contributed by atoms with Gasteiger partial charge in [0.2, 0.25) is 0 Å². The van der Waals surface area contributed by atoms with E-state index < -0.39 is 5.82 Å². The van der Waals surface area contributed by atoms with Crippen molar-refractivity contribution in [2.45, 2.75) is 32.2 Å². The zero-order valence-corrected chi connectivity index (χ0v) is 17.0. The molecule has 7 heteroatoms. The molecule has 156 valence electrons. The first-order valence-electron chi connectivity index (χ1n) is 10.3. The number of benzene rings is 2. The van der Waals surface area contributed by atoms with E-state index in [1.165, 1.54) is 6.07 Å². The summed E-state index contributed by atoms with van der Waals surface area (Å²) in [5.41, 5.74) is 1.28. The molecule has 1 aliphatic rings. The summed E-state index contributed by atoms with van der Waals surface area (Å²) in [6, 6.07) is 12.1. The van der Waals surface area contributed by atoms with Gasteiger partial charge in [-0.25, -0.2) is 9.49 Å². The van der Waals surface area contributed by atoms with E-state index in [0.717, 1.165) is 30.3 Å². The predicted octanol–water partition coefficient (Wildman–Crippen LogP) is 2.87. The van der Waals surface area contributed by atoms with Crippen LogP contribution in [0.5, 0.6) is 0 Å². The van der Waals surface area contributed by atoms with Gasteiger partial charge in [0.25, 0.3) is 11.5 Å². The highest BCUT2D eigenvalue weighted by atomic mass is 19.1. The van der Waals surface area contributed by atoms with Crippen LogP contribution in [-0.4, -0.2) is 46.7 Å². The van der Waals surface area contributed by atoms with E-state index in [0.29, 0.717) is 30.6 Å². The number of nitrogens with one attached hydrogen (secondary N) is 2. The van der Waals surface area contributed by atoms with Crippen molar-refractivity contribution in [1.29, 1.82) is 0 Å². The number of rotatable bonds is 7. The molecule has 0 radical (unpaired) electrons. The van der Waals surface area contributed by atoms with E-state index in [4.69, 9.17) is 0 Å². The number of hydrogen-bond donors (Lipinski definition) is 2. The van der Waals surface area contributed by atoms with Crippen molar-refractivity contribution in [3.05, 3.63) is 75.5 Å². The quantitative estimate of drug-likeness (QED) is 0.590. The second kappa shape index (κ2) is 8.75. The lowest BCUT2D eigenvalue weighted by Crippen LogP contribution is -2.60. The molecule has 0 bridgehead atoms. The lowest BCUT2D eigenvalue weighted by molar-refractivity contribution is 0.0563. The number of likely N-dealkylation sites (tertiary alicyclic amines) is 1. The third-order valence-electron chi connectivity index (χ3n) is 5.54. The van der Waals surface area contributed by atoms with Crippen molar-refractivity contribution in [1.82, 2.24) is 20.4 Å². The fourth-order valence-electron chi connectivity index (χ4n) is 3.77. The Morgan fingerprint density at radius 3 is 2.77 bits per heavy atom. The van der Waals surface area contributed by atoms with E-state index in [9.17, 15) is 14.0 Å². The van der Waals surface area contributed by atoms with Gasteiger partial charge in [-0.15, -0.1) is 0 Å². The largest absolute Gasteiger partial charge is 0.335 e. The summed E-state index contributed by atoms with van der Waals surface area (Å²) in [5, 5.41) is 11.4. The van der Waals surface area contributed by atoms with Crippen LogP contribution in [0.2, 0.25) is 0 Å². The van der Waals surface area contributed by atoms with E-state index in [-0.39, 0.29) is 23.1 Å². The summed E-state index contributed by atoms with van der Waals surface area (Å²) in [6.45, 7) is 4.27. The molecule has 4 rings (SSSR count). The van der Waals surface area contributed by atoms with E-state index in [1.807, 2.05) is 12.1 Å². The fourth-order valence-corrected chi connectivity index (χ4v) is 3.77. The van der Waals surface area contributed by atoms with Crippen molar-refractivity contribution in [3.8, 4) is 0 Å². The van der Waals surface area contributed by atoms with Crippen LogP contribution in [0, 0.1) is 5.82 Å². The van der Waals surface area contributed by atoms with Crippen LogP contribution in [0.3, 0.4) is 0 Å². The molecule has 30 heavy (non-hydrogen) atoms. The number of carbonyl (C=O) groups excluding carboxylic acids is 1. The number of aromatic nitrogens is 2. The molecule has 2 N–H and O–H groups in total. The van der Waals surface area contributed by atoms with E-state index >= 15 is 0 Å². The first-order valence-corrected chi connectivity index (χ1v) is 10.3. The first-order chi connectivity index (χ1) is 14.6. The van der Waals surface area contributed by atoms with Gasteiger partial charge in [-0.2, -0.15) is 5.10 Å². The second-order valence-corrected chi connectivity index (χ2v) is 7.75. The Balaban J connectivity index is 1.50. The number of H-pyrrole nitrogens is 1. The van der Waals surface area contributed by atoms with Crippen LogP contribution < -0.4 is 10.9 Å². The van der Waals surface area contributed by atoms with Crippen LogP contribution in [0.4, 0.5) is 4.39 Å². The standard InChI is InChI=1S/C23H25FN4O2/c1-2-3-10-25-16-13-28(14-16)23(30)19-11-15(8-9-20(19)24)12-21-17-6-4-5-7-18(17)22(29)27-26-21/h4-9,11,16,25H,2-3,10,12-14H2,1H3,(H,27,29). The smallest absolute Gasteiger partial charge is 0.272 e. The third-order valence-corrected chi connectivity index (χ3v) is 5.54. The Morgan fingerprint density at radius 2 is 2.00 bits per heavy atom. The van der Waals surface area contributed by atoms with Gasteiger partial charge in [-0.3, -0.25) is 9.59 Å². The monoisotopic (exact) mass is 408 g/mol. The van der Waals surface area contributed by atoms with Crippen LogP contribution in [-0.2, 0) is 6.42 Å². The minimum absolute atomic E-state index is 0.0771. The Hall–Kier alpha value is -3.06. The normalized spacial score (nSPS) is 14.1. The molecule has 6 nitrogen and oxygen atoms in total. The van der Waals surface area contributed by atoms with Gasteiger partial charge in [-0.1, -0.05) is 37.6 Å². The number of amides is 1. The van der Waals surface area contributed by atoms with Crippen molar-refractivity contribution in [2.75, 3.05) is 19.6 Å². The van der Waals surface area contributed by atoms with Gasteiger partial charge < -0.3 is 10.2 Å². The van der Waals surface area contributed by atoms with Crippen LogP contribution in [0.1, 0.15) is 41.4 Å². The zero-order valence-electron chi connectivity index (χ0n) is 17.0. The number of unbranched alkanes of at least 4 members (excludes halogenated alkanes) is 1. The first kappa shape index (κ1) is 20.2. The number of aromatic amines is 1. The number of halogens is 1. The van der Waals surface area contributed by atoms with Gasteiger partial charge in [0.05, 0.1) is 16.6 Å².